The fraction of sp³-hybridized carbons (Fsp3) is 0.600. The van der Waals surface area contributed by atoms with Gasteiger partial charge in [0.15, 0.2) is 0 Å². The Bertz CT molecular complexity index is 451. The molecule has 0 amide bonds. The zero-order chi connectivity index (χ0) is 14.8. The van der Waals surface area contributed by atoms with Crippen LogP contribution < -0.4 is 5.32 Å². The zero-order valence-electron chi connectivity index (χ0n) is 11.4. The third-order valence-corrected chi connectivity index (χ3v) is 4.88. The van der Waals surface area contributed by atoms with Gasteiger partial charge in [-0.2, -0.15) is 13.2 Å². The minimum atomic E-state index is -4.02. The van der Waals surface area contributed by atoms with Gasteiger partial charge in [0.1, 0.15) is 0 Å². The Labute approximate surface area is 126 Å². The first kappa shape index (κ1) is 15.8. The van der Waals surface area contributed by atoms with Gasteiger partial charge in [-0.25, -0.2) is 0 Å². The van der Waals surface area contributed by atoms with Crippen molar-refractivity contribution in [2.24, 2.45) is 5.92 Å². The largest absolute Gasteiger partial charge is 0.391 e. The second-order valence-corrected chi connectivity index (χ2v) is 6.41. The van der Waals surface area contributed by atoms with Crippen LogP contribution in [-0.4, -0.2) is 12.2 Å². The Morgan fingerprint density at radius 2 is 1.85 bits per heavy atom. The predicted octanol–water partition coefficient (Wildman–Crippen LogP) is 4.97. The van der Waals surface area contributed by atoms with Crippen LogP contribution in [0.1, 0.15) is 36.8 Å². The molecule has 1 aliphatic carbocycles. The van der Waals surface area contributed by atoms with Gasteiger partial charge in [0, 0.05) is 17.1 Å². The summed E-state index contributed by atoms with van der Waals surface area (Å²) in [6.07, 6.45) is -2.31. The molecule has 1 aromatic carbocycles. The SMILES string of the molecule is Cc1ccc(CNC2CCC(C(F)(F)F)CC2)cc1Br. The van der Waals surface area contributed by atoms with Crippen molar-refractivity contribution in [1.29, 1.82) is 0 Å². The smallest absolute Gasteiger partial charge is 0.310 e. The highest BCUT2D eigenvalue weighted by molar-refractivity contribution is 9.10. The molecule has 0 aliphatic heterocycles. The molecule has 0 bridgehead atoms. The summed E-state index contributed by atoms with van der Waals surface area (Å²) < 4.78 is 38.8. The van der Waals surface area contributed by atoms with E-state index in [9.17, 15) is 13.2 Å². The number of benzene rings is 1. The monoisotopic (exact) mass is 349 g/mol. The molecule has 0 unspecified atom stereocenters. The maximum absolute atomic E-state index is 12.6. The molecule has 1 fully saturated rings. The summed E-state index contributed by atoms with van der Waals surface area (Å²) in [7, 11) is 0. The van der Waals surface area contributed by atoms with Crippen LogP contribution in [0.25, 0.3) is 0 Å². The van der Waals surface area contributed by atoms with Crippen molar-refractivity contribution in [3.05, 3.63) is 33.8 Å². The highest BCUT2D eigenvalue weighted by Crippen LogP contribution is 2.37. The first-order valence-corrected chi connectivity index (χ1v) is 7.70. The van der Waals surface area contributed by atoms with E-state index in [1.807, 2.05) is 13.0 Å². The lowest BCUT2D eigenvalue weighted by Gasteiger charge is -2.30. The molecule has 0 saturated heterocycles. The number of aryl methyl sites for hydroxylation is 1. The number of nitrogens with one attached hydrogen (secondary N) is 1. The third-order valence-electron chi connectivity index (χ3n) is 4.02. The summed E-state index contributed by atoms with van der Waals surface area (Å²) in [5, 5.41) is 3.37. The van der Waals surface area contributed by atoms with E-state index in [2.05, 4.69) is 33.4 Å². The van der Waals surface area contributed by atoms with Gasteiger partial charge >= 0.3 is 6.18 Å². The Hall–Kier alpha value is -0.550. The van der Waals surface area contributed by atoms with E-state index in [1.54, 1.807) is 0 Å². The van der Waals surface area contributed by atoms with Crippen molar-refractivity contribution in [2.75, 3.05) is 0 Å². The molecule has 1 aliphatic rings. The summed E-state index contributed by atoms with van der Waals surface area (Å²) >= 11 is 3.49. The minimum absolute atomic E-state index is 0.202. The number of hydrogen-bond acceptors (Lipinski definition) is 1. The molecule has 20 heavy (non-hydrogen) atoms. The first-order valence-electron chi connectivity index (χ1n) is 6.91. The molecule has 0 aromatic heterocycles. The molecule has 1 saturated carbocycles. The molecule has 0 radical (unpaired) electrons. The van der Waals surface area contributed by atoms with Gasteiger partial charge < -0.3 is 5.32 Å². The van der Waals surface area contributed by atoms with Crippen molar-refractivity contribution in [2.45, 2.75) is 51.4 Å². The molecule has 1 aromatic rings. The second kappa shape index (κ2) is 6.48. The van der Waals surface area contributed by atoms with Crippen molar-refractivity contribution in [3.63, 3.8) is 0 Å². The van der Waals surface area contributed by atoms with E-state index in [4.69, 9.17) is 0 Å². The number of alkyl halides is 3. The quantitative estimate of drug-likeness (QED) is 0.812. The van der Waals surface area contributed by atoms with E-state index in [1.165, 1.54) is 5.56 Å². The van der Waals surface area contributed by atoms with E-state index in [0.717, 1.165) is 10.0 Å². The number of rotatable bonds is 3. The molecule has 0 spiro atoms. The van der Waals surface area contributed by atoms with Crippen molar-refractivity contribution >= 4 is 15.9 Å². The van der Waals surface area contributed by atoms with Crippen molar-refractivity contribution in [1.82, 2.24) is 5.32 Å². The molecule has 0 atom stereocenters. The number of halogens is 4. The third kappa shape index (κ3) is 4.22. The van der Waals surface area contributed by atoms with E-state index < -0.39 is 12.1 Å². The summed E-state index contributed by atoms with van der Waals surface area (Å²) in [4.78, 5) is 0. The van der Waals surface area contributed by atoms with E-state index in [-0.39, 0.29) is 18.9 Å². The Balaban J connectivity index is 1.80. The molecule has 0 heterocycles. The summed E-state index contributed by atoms with van der Waals surface area (Å²) in [6.45, 7) is 2.74. The van der Waals surface area contributed by atoms with Gasteiger partial charge in [-0.3, -0.25) is 0 Å². The fourth-order valence-electron chi connectivity index (χ4n) is 2.63. The van der Waals surface area contributed by atoms with Gasteiger partial charge in [0.2, 0.25) is 0 Å². The lowest BCUT2D eigenvalue weighted by Crippen LogP contribution is -2.36. The second-order valence-electron chi connectivity index (χ2n) is 5.55. The standard InChI is InChI=1S/C15H19BrF3N/c1-10-2-3-11(8-14(10)16)9-20-13-6-4-12(5-7-13)15(17,18)19/h2-3,8,12-13,20H,4-7,9H2,1H3. The van der Waals surface area contributed by atoms with Gasteiger partial charge in [-0.05, 0) is 49.8 Å². The normalized spacial score (nSPS) is 23.9. The number of hydrogen-bond donors (Lipinski definition) is 1. The lowest BCUT2D eigenvalue weighted by molar-refractivity contribution is -0.182. The van der Waals surface area contributed by atoms with Crippen LogP contribution in [0.15, 0.2) is 22.7 Å². The minimum Gasteiger partial charge on any atom is -0.310 e. The van der Waals surface area contributed by atoms with E-state index >= 15 is 0 Å². The average Bonchev–Trinajstić information content (AvgIpc) is 2.40. The van der Waals surface area contributed by atoms with Crippen LogP contribution in [0.3, 0.4) is 0 Å². The maximum atomic E-state index is 12.6. The zero-order valence-corrected chi connectivity index (χ0v) is 13.0. The molecule has 5 heteroatoms. The molecule has 2 rings (SSSR count). The fourth-order valence-corrected chi connectivity index (χ4v) is 3.06. The molecular formula is C15H19BrF3N. The van der Waals surface area contributed by atoms with Gasteiger partial charge in [-0.15, -0.1) is 0 Å². The maximum Gasteiger partial charge on any atom is 0.391 e. The van der Waals surface area contributed by atoms with Crippen LogP contribution in [0.5, 0.6) is 0 Å². The van der Waals surface area contributed by atoms with Gasteiger partial charge in [0.05, 0.1) is 5.92 Å². The topological polar surface area (TPSA) is 12.0 Å². The van der Waals surface area contributed by atoms with Crippen molar-refractivity contribution < 1.29 is 13.2 Å². The lowest BCUT2D eigenvalue weighted by atomic mass is 9.85. The molecule has 1 nitrogen and oxygen atoms in total. The van der Waals surface area contributed by atoms with Crippen LogP contribution in [0, 0.1) is 12.8 Å². The van der Waals surface area contributed by atoms with Crippen LogP contribution in [0.4, 0.5) is 13.2 Å². The van der Waals surface area contributed by atoms with Crippen LogP contribution in [0.2, 0.25) is 0 Å². The Morgan fingerprint density at radius 1 is 1.20 bits per heavy atom. The summed E-state index contributed by atoms with van der Waals surface area (Å²) in [5.41, 5.74) is 2.33. The van der Waals surface area contributed by atoms with Crippen LogP contribution in [-0.2, 0) is 6.54 Å². The molecule has 112 valence electrons. The van der Waals surface area contributed by atoms with Crippen LogP contribution >= 0.6 is 15.9 Å². The summed E-state index contributed by atoms with van der Waals surface area (Å²) in [5.74, 6) is -1.10. The Morgan fingerprint density at radius 3 is 2.40 bits per heavy atom. The predicted molar refractivity (Wildman–Crippen MR) is 77.5 cm³/mol. The molecule has 1 N–H and O–H groups in total. The van der Waals surface area contributed by atoms with Crippen molar-refractivity contribution in [3.8, 4) is 0 Å². The highest BCUT2D eigenvalue weighted by Gasteiger charge is 2.41. The first-order chi connectivity index (χ1) is 9.36. The summed E-state index contributed by atoms with van der Waals surface area (Å²) in [6, 6.07) is 6.36. The highest BCUT2D eigenvalue weighted by atomic mass is 79.9. The van der Waals surface area contributed by atoms with Gasteiger partial charge in [0.25, 0.3) is 0 Å². The van der Waals surface area contributed by atoms with E-state index in [0.29, 0.717) is 19.4 Å². The average molecular weight is 350 g/mol. The van der Waals surface area contributed by atoms with Gasteiger partial charge in [-0.1, -0.05) is 28.1 Å². The molecular weight excluding hydrogens is 331 g/mol. The Kier molecular flexibility index (Phi) is 5.13.